The second-order valence-electron chi connectivity index (χ2n) is 9.01. The molecule has 0 bridgehead atoms. The van der Waals surface area contributed by atoms with Crippen molar-refractivity contribution in [3.63, 3.8) is 0 Å². The Morgan fingerprint density at radius 2 is 1.70 bits per heavy atom. The number of hydrogen-bond acceptors (Lipinski definition) is 2. The number of benzene rings is 1. The van der Waals surface area contributed by atoms with Crippen molar-refractivity contribution >= 4 is 0 Å². The summed E-state index contributed by atoms with van der Waals surface area (Å²) in [7, 11) is 0. The van der Waals surface area contributed by atoms with Crippen LogP contribution in [-0.2, 0) is 15.8 Å². The first-order valence-electron chi connectivity index (χ1n) is 9.42. The highest BCUT2D eigenvalue weighted by Gasteiger charge is 2.75. The molecule has 3 aliphatic rings. The smallest absolute Gasteiger partial charge is 0.124 e. The van der Waals surface area contributed by atoms with Crippen LogP contribution in [0.2, 0.25) is 0 Å². The predicted octanol–water partition coefficient (Wildman–Crippen LogP) is 4.62. The summed E-state index contributed by atoms with van der Waals surface area (Å²) in [5, 5.41) is 0. The first-order valence-corrected chi connectivity index (χ1v) is 9.42. The molecule has 0 radical (unpaired) electrons. The van der Waals surface area contributed by atoms with E-state index >= 15 is 0 Å². The molecule has 1 aromatic rings. The van der Waals surface area contributed by atoms with E-state index in [1.165, 1.54) is 56.3 Å². The minimum atomic E-state index is -0.00840. The molecular weight excluding hydrogens is 282 g/mol. The number of rotatable bonds is 2. The van der Waals surface area contributed by atoms with E-state index in [2.05, 4.69) is 56.9 Å². The molecule has 0 amide bonds. The van der Waals surface area contributed by atoms with E-state index in [-0.39, 0.29) is 16.6 Å². The summed E-state index contributed by atoms with van der Waals surface area (Å²) in [4.78, 5) is 2.71. The van der Waals surface area contributed by atoms with Crippen molar-refractivity contribution in [1.29, 1.82) is 0 Å². The van der Waals surface area contributed by atoms with Crippen molar-refractivity contribution in [2.24, 2.45) is 0 Å². The largest absolute Gasteiger partial charge is 0.356 e. The summed E-state index contributed by atoms with van der Waals surface area (Å²) in [5.41, 5.74) is 3.05. The number of piperidine rings is 1. The summed E-state index contributed by atoms with van der Waals surface area (Å²) in [5.74, 6) is 0. The van der Waals surface area contributed by atoms with Crippen molar-refractivity contribution in [3.8, 4) is 0 Å². The standard InChI is InChI=1S/C21H31NO/c1-19(2,3)16-8-10-17(11-9-16)21-13-12-18(20(21,4)23-21)22-14-6-5-7-15-22/h8-11,18H,5-7,12-15H2,1-4H3/t18-,20-,21-/m0/s1. The maximum atomic E-state index is 6.46. The molecule has 1 aliphatic carbocycles. The summed E-state index contributed by atoms with van der Waals surface area (Å²) in [6.07, 6.45) is 6.59. The number of ether oxygens (including phenoxy) is 1. The molecule has 2 aliphatic heterocycles. The Hall–Kier alpha value is -0.860. The molecule has 3 fully saturated rings. The van der Waals surface area contributed by atoms with Crippen LogP contribution in [0, 0.1) is 0 Å². The lowest BCUT2D eigenvalue weighted by Crippen LogP contribution is -2.45. The first-order chi connectivity index (χ1) is 10.9. The summed E-state index contributed by atoms with van der Waals surface area (Å²) >= 11 is 0. The second-order valence-corrected chi connectivity index (χ2v) is 9.01. The Morgan fingerprint density at radius 3 is 2.26 bits per heavy atom. The Balaban J connectivity index is 1.57. The number of nitrogens with zero attached hydrogens (tertiary/aromatic N) is 1. The lowest BCUT2D eigenvalue weighted by molar-refractivity contribution is 0.0827. The van der Waals surface area contributed by atoms with Crippen molar-refractivity contribution in [1.82, 2.24) is 4.90 Å². The van der Waals surface area contributed by atoms with Gasteiger partial charge < -0.3 is 4.74 Å². The van der Waals surface area contributed by atoms with Gasteiger partial charge >= 0.3 is 0 Å². The van der Waals surface area contributed by atoms with Gasteiger partial charge in [-0.25, -0.2) is 0 Å². The molecule has 2 saturated heterocycles. The zero-order valence-electron chi connectivity index (χ0n) is 15.2. The van der Waals surface area contributed by atoms with E-state index in [1.807, 2.05) is 0 Å². The molecule has 23 heavy (non-hydrogen) atoms. The average Bonchev–Trinajstić information content (AvgIpc) is 3.04. The molecule has 2 heteroatoms. The summed E-state index contributed by atoms with van der Waals surface area (Å²) in [6.45, 7) is 11.7. The Kier molecular flexibility index (Phi) is 3.45. The average molecular weight is 313 g/mol. The van der Waals surface area contributed by atoms with Gasteiger partial charge in [0.05, 0.1) is 0 Å². The molecule has 2 nitrogen and oxygen atoms in total. The van der Waals surface area contributed by atoms with Gasteiger partial charge in [-0.2, -0.15) is 0 Å². The normalized spacial score (nSPS) is 37.7. The molecule has 0 aromatic heterocycles. The van der Waals surface area contributed by atoms with E-state index in [1.54, 1.807) is 0 Å². The number of fused-ring (bicyclic) bond motifs is 1. The topological polar surface area (TPSA) is 15.8 Å². The zero-order chi connectivity index (χ0) is 16.3. The highest BCUT2D eigenvalue weighted by molar-refractivity contribution is 5.40. The minimum absolute atomic E-state index is 0.00840. The SMILES string of the molecule is CC(C)(C)c1ccc([C@@]23CC[C@H](N4CCCCC4)[C@]2(C)O3)cc1. The number of hydrogen-bond donors (Lipinski definition) is 0. The quantitative estimate of drug-likeness (QED) is 0.741. The van der Waals surface area contributed by atoms with Crippen LogP contribution in [0.25, 0.3) is 0 Å². The van der Waals surface area contributed by atoms with Crippen LogP contribution in [-0.4, -0.2) is 29.6 Å². The van der Waals surface area contributed by atoms with Gasteiger partial charge in [-0.3, -0.25) is 4.90 Å². The van der Waals surface area contributed by atoms with Gasteiger partial charge in [-0.05, 0) is 62.2 Å². The highest BCUT2D eigenvalue weighted by Crippen LogP contribution is 2.66. The van der Waals surface area contributed by atoms with Crippen LogP contribution in [0.3, 0.4) is 0 Å². The van der Waals surface area contributed by atoms with Crippen LogP contribution < -0.4 is 0 Å². The van der Waals surface area contributed by atoms with Gasteiger partial charge in [0.2, 0.25) is 0 Å². The fraction of sp³-hybridized carbons (Fsp3) is 0.714. The number of epoxide rings is 1. The molecule has 1 aromatic carbocycles. The lowest BCUT2D eigenvalue weighted by Gasteiger charge is -2.35. The van der Waals surface area contributed by atoms with Crippen molar-refractivity contribution in [2.45, 2.75) is 82.5 Å². The van der Waals surface area contributed by atoms with Crippen molar-refractivity contribution < 1.29 is 4.74 Å². The monoisotopic (exact) mass is 313 g/mol. The van der Waals surface area contributed by atoms with E-state index < -0.39 is 0 Å². The van der Waals surface area contributed by atoms with Gasteiger partial charge in [-0.1, -0.05) is 51.5 Å². The van der Waals surface area contributed by atoms with Gasteiger partial charge in [0.15, 0.2) is 0 Å². The third-order valence-electron chi connectivity index (χ3n) is 6.60. The Morgan fingerprint density at radius 1 is 1.04 bits per heavy atom. The first kappa shape index (κ1) is 15.7. The van der Waals surface area contributed by atoms with Crippen molar-refractivity contribution in [3.05, 3.63) is 35.4 Å². The minimum Gasteiger partial charge on any atom is -0.356 e. The lowest BCUT2D eigenvalue weighted by atomic mass is 9.83. The van der Waals surface area contributed by atoms with Crippen LogP contribution >= 0.6 is 0 Å². The molecular formula is C21H31NO. The zero-order valence-corrected chi connectivity index (χ0v) is 15.2. The van der Waals surface area contributed by atoms with Crippen LogP contribution in [0.15, 0.2) is 24.3 Å². The van der Waals surface area contributed by atoms with Crippen LogP contribution in [0.5, 0.6) is 0 Å². The maximum absolute atomic E-state index is 6.46. The molecule has 0 unspecified atom stereocenters. The Labute approximate surface area is 141 Å². The second kappa shape index (κ2) is 5.07. The molecule has 0 spiro atoms. The van der Waals surface area contributed by atoms with Gasteiger partial charge in [0.1, 0.15) is 11.2 Å². The Bertz CT molecular complexity index is 577. The van der Waals surface area contributed by atoms with Gasteiger partial charge in [-0.15, -0.1) is 0 Å². The fourth-order valence-electron chi connectivity index (χ4n) is 5.08. The van der Waals surface area contributed by atoms with E-state index in [0.29, 0.717) is 6.04 Å². The van der Waals surface area contributed by atoms with Crippen LogP contribution in [0.1, 0.15) is 70.9 Å². The predicted molar refractivity (Wildman–Crippen MR) is 94.8 cm³/mol. The van der Waals surface area contributed by atoms with E-state index in [4.69, 9.17) is 4.74 Å². The highest BCUT2D eigenvalue weighted by atomic mass is 16.6. The van der Waals surface area contributed by atoms with E-state index in [0.717, 1.165) is 0 Å². The number of likely N-dealkylation sites (tertiary alicyclic amines) is 1. The van der Waals surface area contributed by atoms with Gasteiger partial charge in [0.25, 0.3) is 0 Å². The molecule has 2 heterocycles. The molecule has 1 saturated carbocycles. The third-order valence-corrected chi connectivity index (χ3v) is 6.60. The maximum Gasteiger partial charge on any atom is 0.124 e. The summed E-state index contributed by atoms with van der Waals surface area (Å²) < 4.78 is 6.46. The molecule has 126 valence electrons. The van der Waals surface area contributed by atoms with Crippen molar-refractivity contribution in [2.75, 3.05) is 13.1 Å². The molecule has 0 N–H and O–H groups in total. The van der Waals surface area contributed by atoms with E-state index in [9.17, 15) is 0 Å². The molecule has 4 rings (SSSR count). The fourth-order valence-corrected chi connectivity index (χ4v) is 5.08. The van der Waals surface area contributed by atoms with Crippen LogP contribution in [0.4, 0.5) is 0 Å². The molecule has 3 atom stereocenters. The van der Waals surface area contributed by atoms with Gasteiger partial charge in [0, 0.05) is 6.04 Å². The third kappa shape index (κ3) is 2.29. The summed E-state index contributed by atoms with van der Waals surface area (Å²) in [6, 6.07) is 9.88.